The van der Waals surface area contributed by atoms with E-state index in [0.717, 1.165) is 0 Å². The lowest BCUT2D eigenvalue weighted by atomic mass is 10.2. The third-order valence-electron chi connectivity index (χ3n) is 3.89. The highest BCUT2D eigenvalue weighted by molar-refractivity contribution is 7.89. The lowest BCUT2D eigenvalue weighted by Gasteiger charge is -2.09. The summed E-state index contributed by atoms with van der Waals surface area (Å²) in [5.74, 6) is -0.207. The summed E-state index contributed by atoms with van der Waals surface area (Å²) in [6.07, 6.45) is 2.85. The first-order valence-electron chi connectivity index (χ1n) is 8.87. The minimum absolute atomic E-state index is 0.0316. The smallest absolute Gasteiger partial charge is 0.248 e. The van der Waals surface area contributed by atoms with Crippen molar-refractivity contribution in [3.63, 3.8) is 0 Å². The number of ether oxygens (including phenoxy) is 2. The van der Waals surface area contributed by atoms with Crippen LogP contribution >= 0.6 is 0 Å². The number of rotatable bonds is 10. The topological polar surface area (TPSA) is 137 Å². The summed E-state index contributed by atoms with van der Waals surface area (Å²) in [7, 11) is -1.04. The van der Waals surface area contributed by atoms with Crippen molar-refractivity contribution in [1.29, 1.82) is 0 Å². The summed E-state index contributed by atoms with van der Waals surface area (Å²) in [4.78, 5) is 22.9. The second-order valence-corrected chi connectivity index (χ2v) is 7.89. The van der Waals surface area contributed by atoms with Crippen LogP contribution in [0.25, 0.3) is 6.08 Å². The Bertz CT molecular complexity index is 1050. The van der Waals surface area contributed by atoms with Gasteiger partial charge >= 0.3 is 0 Å². The number of benzene rings is 2. The van der Waals surface area contributed by atoms with E-state index in [1.54, 1.807) is 30.3 Å². The first-order valence-corrected chi connectivity index (χ1v) is 10.4. The van der Waals surface area contributed by atoms with Crippen molar-refractivity contribution in [1.82, 2.24) is 4.72 Å². The average molecular weight is 433 g/mol. The standard InChI is InChI=1S/C20H23N3O6S/c1-22-30(26,27)18-12-14(6-8-17(18)28-2)7-9-20(25)23-15-4-3-5-16(13-15)29-11-10-19(21)24/h3-9,12-13,22H,10-11H2,1-2H3,(H2,21,24)(H,23,25)/b9-7-. The van der Waals surface area contributed by atoms with Crippen LogP contribution in [-0.2, 0) is 19.6 Å². The molecule has 0 spiro atoms. The van der Waals surface area contributed by atoms with E-state index in [9.17, 15) is 18.0 Å². The Labute approximate surface area is 174 Å². The Morgan fingerprint density at radius 3 is 2.60 bits per heavy atom. The molecule has 0 aliphatic carbocycles. The molecule has 0 heterocycles. The predicted molar refractivity (Wildman–Crippen MR) is 113 cm³/mol. The van der Waals surface area contributed by atoms with E-state index in [0.29, 0.717) is 17.0 Å². The molecule has 10 heteroatoms. The molecule has 2 amide bonds. The quantitative estimate of drug-likeness (QED) is 0.486. The number of hydrogen-bond acceptors (Lipinski definition) is 6. The van der Waals surface area contributed by atoms with Gasteiger partial charge < -0.3 is 20.5 Å². The molecule has 2 aromatic carbocycles. The Morgan fingerprint density at radius 1 is 1.17 bits per heavy atom. The number of nitrogens with two attached hydrogens (primary N) is 1. The molecule has 0 bridgehead atoms. The highest BCUT2D eigenvalue weighted by Gasteiger charge is 2.17. The minimum Gasteiger partial charge on any atom is -0.495 e. The summed E-state index contributed by atoms with van der Waals surface area (Å²) in [6.45, 7) is 0.141. The van der Waals surface area contributed by atoms with E-state index in [-0.39, 0.29) is 23.7 Å². The van der Waals surface area contributed by atoms with Crippen molar-refractivity contribution in [3.05, 3.63) is 54.1 Å². The maximum atomic E-state index is 12.2. The van der Waals surface area contributed by atoms with Crippen LogP contribution in [0.3, 0.4) is 0 Å². The Kier molecular flexibility index (Phi) is 7.96. The van der Waals surface area contributed by atoms with E-state index in [4.69, 9.17) is 15.2 Å². The minimum atomic E-state index is -3.72. The highest BCUT2D eigenvalue weighted by atomic mass is 32.2. The monoisotopic (exact) mass is 433 g/mol. The van der Waals surface area contributed by atoms with Crippen LogP contribution < -0.4 is 25.2 Å². The molecule has 9 nitrogen and oxygen atoms in total. The fourth-order valence-corrected chi connectivity index (χ4v) is 3.33. The van der Waals surface area contributed by atoms with Gasteiger partial charge in [0.2, 0.25) is 21.8 Å². The molecular weight excluding hydrogens is 410 g/mol. The molecule has 0 aliphatic heterocycles. The van der Waals surface area contributed by atoms with Crippen LogP contribution in [0, 0.1) is 0 Å². The van der Waals surface area contributed by atoms with Crippen molar-refractivity contribution in [2.45, 2.75) is 11.3 Å². The summed E-state index contributed by atoms with van der Waals surface area (Å²) >= 11 is 0. The summed E-state index contributed by atoms with van der Waals surface area (Å²) in [6, 6.07) is 11.2. The normalized spacial score (nSPS) is 11.3. The SMILES string of the molecule is CNS(=O)(=O)c1cc(/C=C\C(=O)Nc2cccc(OCCC(N)=O)c2)ccc1OC. The maximum absolute atomic E-state index is 12.2. The first kappa shape index (κ1) is 22.9. The van der Waals surface area contributed by atoms with Gasteiger partial charge in [-0.2, -0.15) is 0 Å². The molecule has 0 aromatic heterocycles. The second-order valence-electron chi connectivity index (χ2n) is 6.03. The van der Waals surface area contributed by atoms with E-state index in [1.165, 1.54) is 38.4 Å². The number of primary amides is 1. The van der Waals surface area contributed by atoms with Gasteiger partial charge in [-0.1, -0.05) is 12.1 Å². The van der Waals surface area contributed by atoms with Gasteiger partial charge in [0.1, 0.15) is 16.4 Å². The number of sulfonamides is 1. The van der Waals surface area contributed by atoms with Crippen molar-refractivity contribution in [3.8, 4) is 11.5 Å². The molecule has 0 atom stereocenters. The lowest BCUT2D eigenvalue weighted by Crippen LogP contribution is -2.19. The Morgan fingerprint density at radius 2 is 1.93 bits per heavy atom. The van der Waals surface area contributed by atoms with Gasteiger partial charge in [-0.25, -0.2) is 13.1 Å². The summed E-state index contributed by atoms with van der Waals surface area (Å²) in [5.41, 5.74) is 6.06. The number of carbonyl (C=O) groups excluding carboxylic acids is 2. The molecule has 160 valence electrons. The molecule has 0 aliphatic rings. The number of anilines is 1. The van der Waals surface area contributed by atoms with Crippen LogP contribution in [0.1, 0.15) is 12.0 Å². The number of carbonyl (C=O) groups is 2. The van der Waals surface area contributed by atoms with Crippen LogP contribution in [0.2, 0.25) is 0 Å². The van der Waals surface area contributed by atoms with E-state index < -0.39 is 21.8 Å². The van der Waals surface area contributed by atoms with Crippen LogP contribution in [0.5, 0.6) is 11.5 Å². The summed E-state index contributed by atoms with van der Waals surface area (Å²) < 4.78 is 37.0. The van der Waals surface area contributed by atoms with E-state index in [1.807, 2.05) is 0 Å². The first-order chi connectivity index (χ1) is 14.2. The van der Waals surface area contributed by atoms with Gasteiger partial charge in [0.25, 0.3) is 0 Å². The van der Waals surface area contributed by atoms with Crippen LogP contribution in [0.4, 0.5) is 5.69 Å². The highest BCUT2D eigenvalue weighted by Crippen LogP contribution is 2.25. The van der Waals surface area contributed by atoms with Gasteiger partial charge in [-0.3, -0.25) is 9.59 Å². The van der Waals surface area contributed by atoms with Gasteiger partial charge in [0.15, 0.2) is 0 Å². The predicted octanol–water partition coefficient (Wildman–Crippen LogP) is 1.51. The molecule has 0 unspecified atom stereocenters. The zero-order valence-electron chi connectivity index (χ0n) is 16.5. The second kappa shape index (κ2) is 10.4. The van der Waals surface area contributed by atoms with Crippen molar-refractivity contribution < 1.29 is 27.5 Å². The Balaban J connectivity index is 2.08. The van der Waals surface area contributed by atoms with Crippen molar-refractivity contribution in [2.24, 2.45) is 5.73 Å². The average Bonchev–Trinajstić information content (AvgIpc) is 2.72. The molecule has 0 saturated carbocycles. The van der Waals surface area contributed by atoms with E-state index in [2.05, 4.69) is 10.0 Å². The zero-order valence-corrected chi connectivity index (χ0v) is 17.4. The number of hydrogen-bond donors (Lipinski definition) is 3. The van der Waals surface area contributed by atoms with Crippen molar-refractivity contribution in [2.75, 3.05) is 26.1 Å². The van der Waals surface area contributed by atoms with Gasteiger partial charge in [0.05, 0.1) is 20.1 Å². The third kappa shape index (κ3) is 6.61. The molecule has 0 fully saturated rings. The fourth-order valence-electron chi connectivity index (χ4n) is 2.41. The molecule has 2 aromatic rings. The molecule has 0 saturated heterocycles. The Hall–Kier alpha value is -3.37. The third-order valence-corrected chi connectivity index (χ3v) is 5.33. The summed E-state index contributed by atoms with van der Waals surface area (Å²) in [5, 5.41) is 2.68. The van der Waals surface area contributed by atoms with Gasteiger partial charge in [-0.05, 0) is 43.0 Å². The largest absolute Gasteiger partial charge is 0.495 e. The van der Waals surface area contributed by atoms with Gasteiger partial charge in [0, 0.05) is 17.8 Å². The molecule has 4 N–H and O–H groups in total. The lowest BCUT2D eigenvalue weighted by molar-refractivity contribution is -0.118. The van der Waals surface area contributed by atoms with E-state index >= 15 is 0 Å². The number of amides is 2. The molecular formula is C20H23N3O6S. The maximum Gasteiger partial charge on any atom is 0.248 e. The molecule has 0 radical (unpaired) electrons. The fraction of sp³-hybridized carbons (Fsp3) is 0.200. The van der Waals surface area contributed by atoms with Crippen LogP contribution in [-0.4, -0.2) is 41.0 Å². The number of methoxy groups -OCH3 is 1. The van der Waals surface area contributed by atoms with Crippen molar-refractivity contribution >= 4 is 33.6 Å². The number of nitrogens with one attached hydrogen (secondary N) is 2. The van der Waals surface area contributed by atoms with Crippen LogP contribution in [0.15, 0.2) is 53.4 Å². The zero-order chi connectivity index (χ0) is 22.1. The molecule has 30 heavy (non-hydrogen) atoms. The molecule has 2 rings (SSSR count). The van der Waals surface area contributed by atoms with Gasteiger partial charge in [-0.15, -0.1) is 0 Å².